The fraction of sp³-hybridized carbons (Fsp3) is 0.385. The number of piperazine rings is 1. The summed E-state index contributed by atoms with van der Waals surface area (Å²) in [6.45, 7) is 6.67. The molecule has 1 aliphatic heterocycles. The molecule has 0 amide bonds. The molecule has 2 heterocycles. The van der Waals surface area contributed by atoms with Gasteiger partial charge in [-0.1, -0.05) is 48.0 Å². The second-order valence-electron chi connectivity index (χ2n) is 8.89. The van der Waals surface area contributed by atoms with Crippen LogP contribution in [0.1, 0.15) is 29.0 Å². The molecule has 5 nitrogen and oxygen atoms in total. The zero-order valence-electron chi connectivity index (χ0n) is 18.6. The van der Waals surface area contributed by atoms with Crippen LogP contribution < -0.4 is 5.32 Å². The third kappa shape index (κ3) is 4.65. The Kier molecular flexibility index (Phi) is 6.39. The average molecular weight is 448 g/mol. The number of nitrogens with one attached hydrogen (secondary N) is 1. The van der Waals surface area contributed by atoms with Crippen molar-refractivity contribution in [2.75, 3.05) is 51.6 Å². The van der Waals surface area contributed by atoms with Gasteiger partial charge in [-0.3, -0.25) is 0 Å². The van der Waals surface area contributed by atoms with Crippen molar-refractivity contribution in [2.24, 2.45) is 0 Å². The predicted octanol–water partition coefficient (Wildman–Crippen LogP) is 4.53. The molecule has 1 aliphatic carbocycles. The Hall–Kier alpha value is -2.47. The molecule has 1 saturated heterocycles. The summed E-state index contributed by atoms with van der Waals surface area (Å²) in [6.07, 6.45) is 4.00. The molecular weight excluding hydrogens is 418 g/mol. The molecule has 5 rings (SSSR count). The van der Waals surface area contributed by atoms with E-state index in [-0.39, 0.29) is 0 Å². The zero-order chi connectivity index (χ0) is 21.9. The number of benzene rings is 2. The Balaban J connectivity index is 1.28. The largest absolute Gasteiger partial charge is 0.354 e. The first-order valence-corrected chi connectivity index (χ1v) is 11.9. The summed E-state index contributed by atoms with van der Waals surface area (Å²) in [5.41, 5.74) is 6.06. The Labute approximate surface area is 195 Å². The van der Waals surface area contributed by atoms with Crippen molar-refractivity contribution in [1.82, 2.24) is 19.8 Å². The molecule has 0 bridgehead atoms. The lowest BCUT2D eigenvalue weighted by Crippen LogP contribution is -2.44. The maximum absolute atomic E-state index is 6.12. The van der Waals surface area contributed by atoms with Crippen LogP contribution in [-0.2, 0) is 6.42 Å². The molecule has 2 aliphatic rings. The van der Waals surface area contributed by atoms with E-state index in [1.54, 1.807) is 0 Å². The smallest absolute Gasteiger partial charge is 0.223 e. The molecule has 0 saturated carbocycles. The lowest BCUT2D eigenvalue weighted by molar-refractivity contribution is 0.154. The number of hydrogen-bond donors (Lipinski definition) is 1. The maximum Gasteiger partial charge on any atom is 0.223 e. The molecular formula is C26H30ClN5. The number of likely N-dealkylation sites (N-methyl/N-ethyl adjacent to an activating group) is 1. The monoisotopic (exact) mass is 447 g/mol. The second-order valence-corrected chi connectivity index (χ2v) is 9.32. The van der Waals surface area contributed by atoms with E-state index in [9.17, 15) is 0 Å². The number of rotatable bonds is 6. The molecule has 32 heavy (non-hydrogen) atoms. The summed E-state index contributed by atoms with van der Waals surface area (Å²) in [5.74, 6) is 1.02. The SMILES string of the molecule is CN1CCN(CCCNc2ncc3c(n2)-c2ccccc2C(c2ccc(Cl)cc2)C3)CC1. The van der Waals surface area contributed by atoms with Gasteiger partial charge in [0, 0.05) is 55.4 Å². The molecule has 166 valence electrons. The molecule has 1 atom stereocenters. The van der Waals surface area contributed by atoms with E-state index in [0.717, 1.165) is 68.8 Å². The van der Waals surface area contributed by atoms with E-state index >= 15 is 0 Å². The summed E-state index contributed by atoms with van der Waals surface area (Å²) in [4.78, 5) is 14.5. The molecule has 1 fully saturated rings. The topological polar surface area (TPSA) is 44.3 Å². The molecule has 6 heteroatoms. The van der Waals surface area contributed by atoms with Crippen LogP contribution >= 0.6 is 11.6 Å². The van der Waals surface area contributed by atoms with E-state index in [2.05, 4.69) is 63.5 Å². The van der Waals surface area contributed by atoms with Gasteiger partial charge in [-0.2, -0.15) is 0 Å². The van der Waals surface area contributed by atoms with Crippen molar-refractivity contribution in [3.63, 3.8) is 0 Å². The lowest BCUT2D eigenvalue weighted by atomic mass is 9.78. The van der Waals surface area contributed by atoms with Gasteiger partial charge in [0.15, 0.2) is 0 Å². The fourth-order valence-corrected chi connectivity index (χ4v) is 4.91. The highest BCUT2D eigenvalue weighted by Crippen LogP contribution is 2.41. The highest BCUT2D eigenvalue weighted by molar-refractivity contribution is 6.30. The van der Waals surface area contributed by atoms with Gasteiger partial charge in [0.1, 0.15) is 0 Å². The van der Waals surface area contributed by atoms with E-state index in [1.165, 1.54) is 22.3 Å². The number of anilines is 1. The molecule has 1 N–H and O–H groups in total. The first kappa shape index (κ1) is 21.4. The van der Waals surface area contributed by atoms with Gasteiger partial charge in [0.2, 0.25) is 5.95 Å². The fourth-order valence-electron chi connectivity index (χ4n) is 4.79. The Morgan fingerprint density at radius 3 is 2.62 bits per heavy atom. The molecule has 3 aromatic rings. The number of nitrogens with zero attached hydrogens (tertiary/aromatic N) is 4. The van der Waals surface area contributed by atoms with E-state index in [1.807, 2.05) is 18.3 Å². The minimum atomic E-state index is 0.293. The Morgan fingerprint density at radius 2 is 1.81 bits per heavy atom. The van der Waals surface area contributed by atoms with Crippen LogP contribution in [0.4, 0.5) is 5.95 Å². The third-order valence-electron chi connectivity index (χ3n) is 6.68. The summed E-state index contributed by atoms with van der Waals surface area (Å²) in [7, 11) is 2.20. The number of hydrogen-bond acceptors (Lipinski definition) is 5. The van der Waals surface area contributed by atoms with Crippen molar-refractivity contribution in [1.29, 1.82) is 0 Å². The minimum Gasteiger partial charge on any atom is -0.354 e. The standard InChI is InChI=1S/C26H30ClN5/c1-31-13-15-32(16-14-31)12-4-11-28-26-29-18-20-17-24(19-7-9-21(27)10-8-19)22-5-2-3-6-23(22)25(20)30-26/h2-3,5-10,18,24H,4,11-17H2,1H3,(H,28,29,30). The van der Waals surface area contributed by atoms with Gasteiger partial charge in [-0.15, -0.1) is 0 Å². The first-order valence-electron chi connectivity index (χ1n) is 11.5. The van der Waals surface area contributed by atoms with Crippen molar-refractivity contribution in [3.05, 3.63) is 76.4 Å². The Morgan fingerprint density at radius 1 is 1.03 bits per heavy atom. The van der Waals surface area contributed by atoms with Crippen molar-refractivity contribution in [3.8, 4) is 11.3 Å². The summed E-state index contributed by atoms with van der Waals surface area (Å²) in [5, 5.41) is 4.22. The average Bonchev–Trinajstić information content (AvgIpc) is 2.83. The molecule has 0 radical (unpaired) electrons. The van der Waals surface area contributed by atoms with Gasteiger partial charge >= 0.3 is 0 Å². The van der Waals surface area contributed by atoms with E-state index in [4.69, 9.17) is 16.6 Å². The predicted molar refractivity (Wildman–Crippen MR) is 132 cm³/mol. The van der Waals surface area contributed by atoms with Crippen LogP contribution in [0.5, 0.6) is 0 Å². The second kappa shape index (κ2) is 9.57. The van der Waals surface area contributed by atoms with E-state index < -0.39 is 0 Å². The van der Waals surface area contributed by atoms with Crippen LogP contribution in [0.25, 0.3) is 11.3 Å². The molecule has 0 spiro atoms. The van der Waals surface area contributed by atoms with Crippen molar-refractivity contribution in [2.45, 2.75) is 18.8 Å². The van der Waals surface area contributed by atoms with Gasteiger partial charge in [-0.05, 0) is 55.3 Å². The highest BCUT2D eigenvalue weighted by atomic mass is 35.5. The van der Waals surface area contributed by atoms with Crippen molar-refractivity contribution < 1.29 is 0 Å². The first-order chi connectivity index (χ1) is 15.7. The van der Waals surface area contributed by atoms with Crippen LogP contribution in [-0.4, -0.2) is 66.1 Å². The van der Waals surface area contributed by atoms with Gasteiger partial charge < -0.3 is 15.1 Å². The Bertz CT molecular complexity index is 1060. The summed E-state index contributed by atoms with van der Waals surface area (Å²) in [6, 6.07) is 16.8. The summed E-state index contributed by atoms with van der Waals surface area (Å²) < 4.78 is 0. The van der Waals surface area contributed by atoms with Crippen molar-refractivity contribution >= 4 is 17.5 Å². The summed E-state index contributed by atoms with van der Waals surface area (Å²) >= 11 is 6.12. The number of fused-ring (bicyclic) bond motifs is 3. The molecule has 2 aromatic carbocycles. The minimum absolute atomic E-state index is 0.293. The maximum atomic E-state index is 6.12. The van der Waals surface area contributed by atoms with Crippen LogP contribution in [0.15, 0.2) is 54.7 Å². The van der Waals surface area contributed by atoms with Gasteiger partial charge in [0.05, 0.1) is 5.69 Å². The third-order valence-corrected chi connectivity index (χ3v) is 6.93. The van der Waals surface area contributed by atoms with Crippen LogP contribution in [0.2, 0.25) is 5.02 Å². The zero-order valence-corrected chi connectivity index (χ0v) is 19.4. The van der Waals surface area contributed by atoms with Gasteiger partial charge in [-0.25, -0.2) is 9.97 Å². The normalized spacial score (nSPS) is 18.8. The lowest BCUT2D eigenvalue weighted by Gasteiger charge is -2.32. The van der Waals surface area contributed by atoms with Crippen LogP contribution in [0, 0.1) is 0 Å². The van der Waals surface area contributed by atoms with Crippen LogP contribution in [0.3, 0.4) is 0 Å². The number of aromatic nitrogens is 2. The van der Waals surface area contributed by atoms with E-state index in [0.29, 0.717) is 5.92 Å². The number of halogens is 1. The molecule has 1 aromatic heterocycles. The van der Waals surface area contributed by atoms with Gasteiger partial charge in [0.25, 0.3) is 0 Å². The quantitative estimate of drug-likeness (QED) is 0.562. The molecule has 1 unspecified atom stereocenters. The highest BCUT2D eigenvalue weighted by Gasteiger charge is 2.27.